The highest BCUT2D eigenvalue weighted by Crippen LogP contribution is 2.22. The number of anilines is 2. The van der Waals surface area contributed by atoms with Gasteiger partial charge >= 0.3 is 0 Å². The van der Waals surface area contributed by atoms with Crippen molar-refractivity contribution in [3.8, 4) is 0 Å². The van der Waals surface area contributed by atoms with E-state index in [1.54, 1.807) is 41.3 Å². The largest absolute Gasteiger partial charge is 0.339 e. The number of piperidine rings is 1. The third kappa shape index (κ3) is 4.31. The lowest BCUT2D eigenvalue weighted by Crippen LogP contribution is -2.35. The molecule has 6 heteroatoms. The quantitative estimate of drug-likeness (QED) is 0.864. The molecule has 0 spiro atoms. The van der Waals surface area contributed by atoms with Gasteiger partial charge in [-0.25, -0.2) is 0 Å². The van der Waals surface area contributed by atoms with Crippen molar-refractivity contribution >= 4 is 29.1 Å². The Morgan fingerprint density at radius 1 is 0.828 bits per heavy atom. The monoisotopic (exact) mass is 391 g/mol. The second-order valence-corrected chi connectivity index (χ2v) is 7.58. The highest BCUT2D eigenvalue weighted by molar-refractivity contribution is 6.05. The van der Waals surface area contributed by atoms with Crippen molar-refractivity contribution in [2.75, 3.05) is 29.9 Å². The Bertz CT molecular complexity index is 917. The molecule has 2 aliphatic heterocycles. The van der Waals surface area contributed by atoms with Crippen LogP contribution in [0.4, 0.5) is 11.4 Å². The minimum absolute atomic E-state index is 0.00847. The molecule has 0 saturated carbocycles. The van der Waals surface area contributed by atoms with Crippen LogP contribution in [-0.2, 0) is 4.79 Å². The molecule has 1 N–H and O–H groups in total. The van der Waals surface area contributed by atoms with Crippen molar-refractivity contribution in [3.63, 3.8) is 0 Å². The SMILES string of the molecule is O=C(Nc1cccc(C(=O)N2CCCC2)c1)c1ccc(N2CCCCC2=O)cc1. The summed E-state index contributed by atoms with van der Waals surface area (Å²) in [6, 6.07) is 14.1. The van der Waals surface area contributed by atoms with Gasteiger partial charge in [-0.15, -0.1) is 0 Å². The Morgan fingerprint density at radius 3 is 2.28 bits per heavy atom. The molecule has 2 aromatic carbocycles. The van der Waals surface area contributed by atoms with Crippen LogP contribution < -0.4 is 10.2 Å². The molecule has 2 heterocycles. The summed E-state index contributed by atoms with van der Waals surface area (Å²) >= 11 is 0. The van der Waals surface area contributed by atoms with Crippen LogP contribution in [-0.4, -0.2) is 42.3 Å². The van der Waals surface area contributed by atoms with Crippen LogP contribution in [0.5, 0.6) is 0 Å². The molecule has 29 heavy (non-hydrogen) atoms. The second kappa shape index (κ2) is 8.47. The van der Waals surface area contributed by atoms with E-state index in [2.05, 4.69) is 5.32 Å². The van der Waals surface area contributed by atoms with Gasteiger partial charge in [-0.1, -0.05) is 6.07 Å². The number of rotatable bonds is 4. The van der Waals surface area contributed by atoms with Gasteiger partial charge in [-0.2, -0.15) is 0 Å². The van der Waals surface area contributed by atoms with Crippen LogP contribution in [0.15, 0.2) is 48.5 Å². The second-order valence-electron chi connectivity index (χ2n) is 7.58. The van der Waals surface area contributed by atoms with E-state index in [0.29, 0.717) is 23.2 Å². The van der Waals surface area contributed by atoms with E-state index in [1.165, 1.54) is 0 Å². The number of hydrogen-bond donors (Lipinski definition) is 1. The zero-order valence-corrected chi connectivity index (χ0v) is 16.4. The smallest absolute Gasteiger partial charge is 0.255 e. The van der Waals surface area contributed by atoms with Gasteiger partial charge < -0.3 is 15.1 Å². The number of carbonyl (C=O) groups is 3. The van der Waals surface area contributed by atoms with Gasteiger partial charge in [0.2, 0.25) is 5.91 Å². The minimum atomic E-state index is -0.243. The zero-order valence-electron chi connectivity index (χ0n) is 16.4. The van der Waals surface area contributed by atoms with Gasteiger partial charge in [0.25, 0.3) is 11.8 Å². The minimum Gasteiger partial charge on any atom is -0.339 e. The molecule has 2 fully saturated rings. The third-order valence-electron chi connectivity index (χ3n) is 5.53. The molecule has 0 radical (unpaired) electrons. The van der Waals surface area contributed by atoms with Gasteiger partial charge in [-0.3, -0.25) is 14.4 Å². The van der Waals surface area contributed by atoms with E-state index in [9.17, 15) is 14.4 Å². The molecule has 2 aliphatic rings. The molecule has 4 rings (SSSR count). The van der Waals surface area contributed by atoms with Crippen molar-refractivity contribution in [2.24, 2.45) is 0 Å². The number of nitrogens with one attached hydrogen (secondary N) is 1. The summed E-state index contributed by atoms with van der Waals surface area (Å²) < 4.78 is 0. The summed E-state index contributed by atoms with van der Waals surface area (Å²) in [4.78, 5) is 40.8. The lowest BCUT2D eigenvalue weighted by Gasteiger charge is -2.26. The van der Waals surface area contributed by atoms with Crippen LogP contribution in [0, 0.1) is 0 Å². The predicted octanol–water partition coefficient (Wildman–Crippen LogP) is 3.69. The molecule has 0 atom stereocenters. The summed E-state index contributed by atoms with van der Waals surface area (Å²) in [5.74, 6) is -0.102. The maximum Gasteiger partial charge on any atom is 0.255 e. The normalized spacial score (nSPS) is 16.8. The van der Waals surface area contributed by atoms with Crippen LogP contribution >= 0.6 is 0 Å². The lowest BCUT2D eigenvalue weighted by atomic mass is 10.1. The first-order valence-corrected chi connectivity index (χ1v) is 10.2. The molecule has 2 saturated heterocycles. The molecule has 0 aliphatic carbocycles. The molecule has 3 amide bonds. The Balaban J connectivity index is 1.43. The molecule has 6 nitrogen and oxygen atoms in total. The standard InChI is InChI=1S/C23H25N3O3/c27-21-8-1-2-15-26(21)20-11-9-17(10-12-20)22(28)24-19-7-5-6-18(16-19)23(29)25-13-3-4-14-25/h5-7,9-12,16H,1-4,8,13-15H2,(H,24,28). The first-order valence-electron chi connectivity index (χ1n) is 10.2. The molecule has 0 bridgehead atoms. The summed E-state index contributed by atoms with van der Waals surface area (Å²) in [7, 11) is 0. The summed E-state index contributed by atoms with van der Waals surface area (Å²) in [6.07, 6.45) is 4.60. The maximum atomic E-state index is 12.6. The summed E-state index contributed by atoms with van der Waals surface area (Å²) in [5, 5.41) is 2.86. The Hall–Kier alpha value is -3.15. The van der Waals surface area contributed by atoms with E-state index in [1.807, 2.05) is 17.0 Å². The number of nitrogens with zero attached hydrogens (tertiary/aromatic N) is 2. The van der Waals surface area contributed by atoms with E-state index >= 15 is 0 Å². The molecular formula is C23H25N3O3. The topological polar surface area (TPSA) is 69.7 Å². The molecule has 0 aromatic heterocycles. The van der Waals surface area contributed by atoms with Crippen LogP contribution in [0.3, 0.4) is 0 Å². The van der Waals surface area contributed by atoms with E-state index < -0.39 is 0 Å². The van der Waals surface area contributed by atoms with E-state index in [0.717, 1.165) is 51.0 Å². The highest BCUT2D eigenvalue weighted by atomic mass is 16.2. The van der Waals surface area contributed by atoms with E-state index in [-0.39, 0.29) is 17.7 Å². The van der Waals surface area contributed by atoms with Crippen molar-refractivity contribution in [3.05, 3.63) is 59.7 Å². The van der Waals surface area contributed by atoms with Crippen molar-refractivity contribution in [1.82, 2.24) is 4.90 Å². The number of likely N-dealkylation sites (tertiary alicyclic amines) is 1. The molecular weight excluding hydrogens is 366 g/mol. The molecule has 0 unspecified atom stereocenters. The van der Waals surface area contributed by atoms with Gasteiger partial charge in [0.05, 0.1) is 0 Å². The average molecular weight is 391 g/mol. The lowest BCUT2D eigenvalue weighted by molar-refractivity contribution is -0.119. The van der Waals surface area contributed by atoms with Gasteiger partial charge in [-0.05, 0) is 68.1 Å². The van der Waals surface area contributed by atoms with Gasteiger partial charge in [0, 0.05) is 48.6 Å². The maximum absolute atomic E-state index is 12.6. The molecule has 150 valence electrons. The number of carbonyl (C=O) groups excluding carboxylic acids is 3. The zero-order chi connectivity index (χ0) is 20.2. The van der Waals surface area contributed by atoms with Gasteiger partial charge in [0.1, 0.15) is 0 Å². The Labute approximate surface area is 170 Å². The predicted molar refractivity (Wildman–Crippen MR) is 112 cm³/mol. The van der Waals surface area contributed by atoms with Crippen LogP contribution in [0.1, 0.15) is 52.8 Å². The summed E-state index contributed by atoms with van der Waals surface area (Å²) in [6.45, 7) is 2.31. The fourth-order valence-corrected chi connectivity index (χ4v) is 3.91. The number of amides is 3. The highest BCUT2D eigenvalue weighted by Gasteiger charge is 2.21. The Kier molecular flexibility index (Phi) is 5.60. The Morgan fingerprint density at radius 2 is 1.55 bits per heavy atom. The molecule has 2 aromatic rings. The third-order valence-corrected chi connectivity index (χ3v) is 5.53. The fourth-order valence-electron chi connectivity index (χ4n) is 3.91. The van der Waals surface area contributed by atoms with Crippen molar-refractivity contribution < 1.29 is 14.4 Å². The number of benzene rings is 2. The number of hydrogen-bond acceptors (Lipinski definition) is 3. The van der Waals surface area contributed by atoms with Crippen molar-refractivity contribution in [2.45, 2.75) is 32.1 Å². The average Bonchev–Trinajstić information content (AvgIpc) is 3.29. The van der Waals surface area contributed by atoms with Crippen molar-refractivity contribution in [1.29, 1.82) is 0 Å². The van der Waals surface area contributed by atoms with Gasteiger partial charge in [0.15, 0.2) is 0 Å². The van der Waals surface area contributed by atoms with Crippen LogP contribution in [0.25, 0.3) is 0 Å². The summed E-state index contributed by atoms with van der Waals surface area (Å²) in [5.41, 5.74) is 2.51. The fraction of sp³-hybridized carbons (Fsp3) is 0.348. The van der Waals surface area contributed by atoms with E-state index in [4.69, 9.17) is 0 Å². The van der Waals surface area contributed by atoms with Crippen LogP contribution in [0.2, 0.25) is 0 Å². The first-order chi connectivity index (χ1) is 14.1. The first kappa shape index (κ1) is 19.2.